The number of alkyl halides is 3. The van der Waals surface area contributed by atoms with Crippen molar-refractivity contribution in [1.29, 1.82) is 0 Å². The molecule has 1 rings (SSSR count). The van der Waals surface area contributed by atoms with Crippen molar-refractivity contribution < 1.29 is 32.2 Å². The number of alkyl carbamates (subject to hydrolysis) is 1. The predicted octanol–water partition coefficient (Wildman–Crippen LogP) is 3.43. The molecule has 1 aromatic rings. The monoisotopic (exact) mass is 347 g/mol. The molecule has 1 aromatic carbocycles. The maximum absolute atomic E-state index is 12.9. The fourth-order valence-electron chi connectivity index (χ4n) is 1.76. The molecule has 0 heterocycles. The van der Waals surface area contributed by atoms with Crippen LogP contribution >= 0.6 is 0 Å². The highest BCUT2D eigenvalue weighted by Gasteiger charge is 2.46. The lowest BCUT2D eigenvalue weighted by molar-refractivity contribution is -0.186. The van der Waals surface area contributed by atoms with Gasteiger partial charge in [0.2, 0.25) is 0 Å². The second-order valence-electron chi connectivity index (χ2n) is 5.18. The van der Waals surface area contributed by atoms with Gasteiger partial charge in [-0.1, -0.05) is 44.2 Å². The number of hydrogen-bond donors (Lipinski definition) is 1. The number of esters is 1. The number of ether oxygens (including phenoxy) is 2. The topological polar surface area (TPSA) is 64.6 Å². The highest BCUT2D eigenvalue weighted by atomic mass is 19.4. The van der Waals surface area contributed by atoms with E-state index in [1.165, 1.54) is 0 Å². The molecule has 0 fully saturated rings. The number of amides is 1. The second-order valence-corrected chi connectivity index (χ2v) is 5.18. The molecule has 1 amide bonds. The number of benzene rings is 1. The number of carbonyl (C=O) groups excluding carboxylic acids is 2. The Morgan fingerprint density at radius 1 is 1.17 bits per heavy atom. The van der Waals surface area contributed by atoms with E-state index in [9.17, 15) is 22.8 Å². The Morgan fingerprint density at radius 2 is 1.79 bits per heavy atom. The fraction of sp³-hybridized carbons (Fsp3) is 0.500. The maximum atomic E-state index is 12.9. The van der Waals surface area contributed by atoms with E-state index < -0.39 is 30.2 Å². The van der Waals surface area contributed by atoms with Crippen LogP contribution in [0.25, 0.3) is 0 Å². The van der Waals surface area contributed by atoms with Gasteiger partial charge in [-0.3, -0.25) is 0 Å². The molecular weight excluding hydrogens is 327 g/mol. The summed E-state index contributed by atoms with van der Waals surface area (Å²) in [4.78, 5) is 23.5. The van der Waals surface area contributed by atoms with Gasteiger partial charge < -0.3 is 14.8 Å². The molecule has 24 heavy (non-hydrogen) atoms. The summed E-state index contributed by atoms with van der Waals surface area (Å²) in [7, 11) is 0. The number of nitrogens with one attached hydrogen (secondary N) is 1. The fourth-order valence-corrected chi connectivity index (χ4v) is 1.76. The van der Waals surface area contributed by atoms with Gasteiger partial charge in [0.1, 0.15) is 12.6 Å². The van der Waals surface area contributed by atoms with Gasteiger partial charge in [0.15, 0.2) is 0 Å². The first-order chi connectivity index (χ1) is 11.3. The maximum Gasteiger partial charge on any atom is 0.408 e. The number of hydrogen-bond acceptors (Lipinski definition) is 4. The van der Waals surface area contributed by atoms with Crippen LogP contribution in [-0.4, -0.2) is 30.9 Å². The number of rotatable bonds is 7. The highest BCUT2D eigenvalue weighted by Crippen LogP contribution is 2.29. The van der Waals surface area contributed by atoms with E-state index in [2.05, 4.69) is 0 Å². The average Bonchev–Trinajstić information content (AvgIpc) is 2.55. The first-order valence-electron chi connectivity index (χ1n) is 7.46. The van der Waals surface area contributed by atoms with Crippen molar-refractivity contribution in [2.45, 2.75) is 39.1 Å². The third-order valence-electron chi connectivity index (χ3n) is 3.20. The van der Waals surface area contributed by atoms with Gasteiger partial charge in [-0.2, -0.15) is 13.2 Å². The molecule has 0 bridgehead atoms. The predicted molar refractivity (Wildman–Crippen MR) is 80.0 cm³/mol. The summed E-state index contributed by atoms with van der Waals surface area (Å²) < 4.78 is 48.2. The van der Waals surface area contributed by atoms with Gasteiger partial charge in [-0.15, -0.1) is 0 Å². The molecule has 1 N–H and O–H groups in total. The molecule has 2 atom stereocenters. The summed E-state index contributed by atoms with van der Waals surface area (Å²) in [5.41, 5.74) is 0.668. The van der Waals surface area contributed by atoms with Crippen LogP contribution in [0.5, 0.6) is 0 Å². The minimum Gasteiger partial charge on any atom is -0.464 e. The summed E-state index contributed by atoms with van der Waals surface area (Å²) in [5.74, 6) is -3.25. The Balaban J connectivity index is 2.69. The molecule has 0 aromatic heterocycles. The van der Waals surface area contributed by atoms with Crippen molar-refractivity contribution in [3.05, 3.63) is 35.9 Å². The Morgan fingerprint density at radius 3 is 2.33 bits per heavy atom. The van der Waals surface area contributed by atoms with Crippen molar-refractivity contribution in [3.8, 4) is 0 Å². The Hall–Kier alpha value is -2.25. The molecule has 0 spiro atoms. The highest BCUT2D eigenvalue weighted by molar-refractivity contribution is 5.81. The first kappa shape index (κ1) is 19.8. The van der Waals surface area contributed by atoms with Gasteiger partial charge in [-0.05, 0) is 12.0 Å². The summed E-state index contributed by atoms with van der Waals surface area (Å²) in [6.07, 6.45) is -5.33. The lowest BCUT2D eigenvalue weighted by Crippen LogP contribution is -2.50. The van der Waals surface area contributed by atoms with Crippen molar-refractivity contribution in [2.75, 3.05) is 6.61 Å². The quantitative estimate of drug-likeness (QED) is 0.768. The molecule has 0 radical (unpaired) electrons. The molecule has 8 heteroatoms. The third kappa shape index (κ3) is 6.47. The SMILES string of the molecule is CCCOC(=O)C(NC(=O)OCc1ccccc1)C(C)C(F)(F)F. The van der Waals surface area contributed by atoms with Gasteiger partial charge >= 0.3 is 18.2 Å². The number of halogens is 3. The molecule has 5 nitrogen and oxygen atoms in total. The Labute approximate surface area is 138 Å². The minimum absolute atomic E-state index is 0.0271. The third-order valence-corrected chi connectivity index (χ3v) is 3.20. The van der Waals surface area contributed by atoms with Gasteiger partial charge in [0.05, 0.1) is 12.5 Å². The van der Waals surface area contributed by atoms with Crippen molar-refractivity contribution in [3.63, 3.8) is 0 Å². The van der Waals surface area contributed by atoms with Gasteiger partial charge in [0.25, 0.3) is 0 Å². The van der Waals surface area contributed by atoms with Crippen molar-refractivity contribution >= 4 is 12.1 Å². The van der Waals surface area contributed by atoms with Gasteiger partial charge in [-0.25, -0.2) is 9.59 Å². The average molecular weight is 347 g/mol. The van der Waals surface area contributed by atoms with Crippen molar-refractivity contribution in [1.82, 2.24) is 5.32 Å². The number of carbonyl (C=O) groups is 2. The van der Waals surface area contributed by atoms with Crippen LogP contribution in [0.15, 0.2) is 30.3 Å². The summed E-state index contributed by atoms with van der Waals surface area (Å²) in [6, 6.07) is 6.76. The molecule has 0 aliphatic heterocycles. The first-order valence-corrected chi connectivity index (χ1v) is 7.46. The zero-order chi connectivity index (χ0) is 18.2. The van der Waals surface area contributed by atoms with Crippen LogP contribution in [0.2, 0.25) is 0 Å². The molecule has 0 saturated carbocycles. The van der Waals surface area contributed by atoms with E-state index in [0.29, 0.717) is 12.0 Å². The van der Waals surface area contributed by atoms with Crippen LogP contribution in [0, 0.1) is 5.92 Å². The van der Waals surface area contributed by atoms with Crippen LogP contribution < -0.4 is 5.32 Å². The Bertz CT molecular complexity index is 534. The smallest absolute Gasteiger partial charge is 0.408 e. The summed E-state index contributed by atoms with van der Waals surface area (Å²) in [5, 5.41) is 1.95. The van der Waals surface area contributed by atoms with Gasteiger partial charge in [0, 0.05) is 0 Å². The van der Waals surface area contributed by atoms with E-state index in [-0.39, 0.29) is 13.2 Å². The molecule has 0 aliphatic rings. The summed E-state index contributed by atoms with van der Waals surface area (Å²) in [6.45, 7) is 2.36. The lowest BCUT2D eigenvalue weighted by Gasteiger charge is -2.25. The van der Waals surface area contributed by atoms with Crippen LogP contribution in [0.3, 0.4) is 0 Å². The second kappa shape index (κ2) is 9.14. The zero-order valence-corrected chi connectivity index (χ0v) is 13.4. The Kier molecular flexibility index (Phi) is 7.54. The van der Waals surface area contributed by atoms with Crippen LogP contribution in [0.1, 0.15) is 25.8 Å². The molecule has 2 unspecified atom stereocenters. The largest absolute Gasteiger partial charge is 0.464 e. The van der Waals surface area contributed by atoms with Crippen molar-refractivity contribution in [2.24, 2.45) is 5.92 Å². The molecule has 134 valence electrons. The van der Waals surface area contributed by atoms with Crippen LogP contribution in [-0.2, 0) is 20.9 Å². The van der Waals surface area contributed by atoms with E-state index in [0.717, 1.165) is 6.92 Å². The molecular formula is C16H20F3NO4. The van der Waals surface area contributed by atoms with Crippen LogP contribution in [0.4, 0.5) is 18.0 Å². The minimum atomic E-state index is -4.66. The summed E-state index contributed by atoms with van der Waals surface area (Å²) >= 11 is 0. The lowest BCUT2D eigenvalue weighted by atomic mass is 10.0. The zero-order valence-electron chi connectivity index (χ0n) is 13.4. The van der Waals surface area contributed by atoms with E-state index in [1.807, 2.05) is 5.32 Å². The molecule has 0 saturated heterocycles. The van der Waals surface area contributed by atoms with E-state index in [1.54, 1.807) is 37.3 Å². The van der Waals surface area contributed by atoms with E-state index in [4.69, 9.17) is 9.47 Å². The molecule has 0 aliphatic carbocycles. The standard InChI is InChI=1S/C16H20F3NO4/c1-3-9-23-14(21)13(11(2)16(17,18)19)20-15(22)24-10-12-7-5-4-6-8-12/h4-8,11,13H,3,9-10H2,1-2H3,(H,20,22). The normalized spacial score (nSPS) is 13.7. The van der Waals surface area contributed by atoms with E-state index >= 15 is 0 Å².